The summed E-state index contributed by atoms with van der Waals surface area (Å²) < 4.78 is 51.0. The molecule has 2 aliphatic rings. The molecule has 222 valence electrons. The van der Waals surface area contributed by atoms with Crippen molar-refractivity contribution in [2.75, 3.05) is 47.3 Å². The zero-order chi connectivity index (χ0) is 30.6. The summed E-state index contributed by atoms with van der Waals surface area (Å²) in [7, 11) is 2.27. The predicted molar refractivity (Wildman–Crippen MR) is 145 cm³/mol. The molecular formula is C29H27ClF2N2O8. The zero-order valence-corrected chi connectivity index (χ0v) is 23.7. The Balaban J connectivity index is 1.71. The maximum atomic E-state index is 15.7. The van der Waals surface area contributed by atoms with Crippen molar-refractivity contribution in [1.82, 2.24) is 10.2 Å². The third kappa shape index (κ3) is 5.59. The number of hydrogen-bond acceptors (Lipinski definition) is 9. The highest BCUT2D eigenvalue weighted by atomic mass is 35.5. The smallest absolute Gasteiger partial charge is 0.336 e. The van der Waals surface area contributed by atoms with E-state index in [9.17, 15) is 23.6 Å². The number of nitrogens with zero attached hydrogens (tertiary/aromatic N) is 1. The number of methoxy groups -OCH3 is 2. The Bertz CT molecular complexity index is 1470. The van der Waals surface area contributed by atoms with Crippen LogP contribution in [0.3, 0.4) is 0 Å². The molecule has 1 N–H and O–H groups in total. The van der Waals surface area contributed by atoms with Gasteiger partial charge in [0, 0.05) is 10.6 Å². The molecule has 0 spiro atoms. The Morgan fingerprint density at radius 1 is 1.00 bits per heavy atom. The van der Waals surface area contributed by atoms with Gasteiger partial charge in [0.05, 0.1) is 80.2 Å². The van der Waals surface area contributed by atoms with Crippen molar-refractivity contribution < 1.29 is 46.9 Å². The Labute approximate surface area is 244 Å². The topological polar surface area (TPSA) is 120 Å². The average molecular weight is 605 g/mol. The Hall–Kier alpha value is -4.29. The van der Waals surface area contributed by atoms with Crippen LogP contribution in [-0.2, 0) is 23.8 Å². The van der Waals surface area contributed by atoms with Crippen molar-refractivity contribution >= 4 is 35.4 Å². The molecule has 2 heterocycles. The van der Waals surface area contributed by atoms with Crippen molar-refractivity contribution in [2.45, 2.75) is 12.8 Å². The van der Waals surface area contributed by atoms with Crippen LogP contribution in [0.1, 0.15) is 39.1 Å². The molecule has 1 unspecified atom stereocenters. The first-order valence-electron chi connectivity index (χ1n) is 12.8. The monoisotopic (exact) mass is 604 g/mol. The lowest BCUT2D eigenvalue weighted by Crippen LogP contribution is -2.37. The highest BCUT2D eigenvalue weighted by Crippen LogP contribution is 2.45. The average Bonchev–Trinajstić information content (AvgIpc) is 3.23. The molecule has 2 amide bonds. The number of imide groups is 1. The first-order chi connectivity index (χ1) is 20.2. The van der Waals surface area contributed by atoms with Gasteiger partial charge in [0.2, 0.25) is 0 Å². The number of hydrogen-bond donors (Lipinski definition) is 1. The summed E-state index contributed by atoms with van der Waals surface area (Å²) in [5, 5.41) is 2.52. The van der Waals surface area contributed by atoms with Gasteiger partial charge in [0.25, 0.3) is 11.8 Å². The second-order valence-electron chi connectivity index (χ2n) is 9.03. The molecule has 2 aromatic rings. The maximum absolute atomic E-state index is 15.7. The standard InChI is InChI=1S/C29H27ClF2N2O8/c1-4-42-29(38)23-19(14-41-12-11-34-26(35)15-7-5-6-8-16(15)27(34)36)33-18(13-31)22(28(37)40-3)24(23)21-17(30)9-10-20(39-2)25(21)32/h5-10,24,33H,4,11-14H2,1-3H3. The minimum absolute atomic E-state index is 0.0422. The lowest BCUT2D eigenvalue weighted by Gasteiger charge is -2.32. The molecule has 2 aliphatic heterocycles. The summed E-state index contributed by atoms with van der Waals surface area (Å²) in [6, 6.07) is 8.96. The third-order valence-electron chi connectivity index (χ3n) is 6.75. The van der Waals surface area contributed by atoms with Gasteiger partial charge in [-0.1, -0.05) is 23.7 Å². The molecule has 0 saturated carbocycles. The number of allylic oxidation sites excluding steroid dienone is 1. The first kappa shape index (κ1) is 30.7. The van der Waals surface area contributed by atoms with E-state index in [1.54, 1.807) is 31.2 Å². The van der Waals surface area contributed by atoms with E-state index < -0.39 is 54.3 Å². The zero-order valence-electron chi connectivity index (χ0n) is 22.9. The normalized spacial score (nSPS) is 16.4. The number of dihydropyridines is 1. The van der Waals surface area contributed by atoms with E-state index in [-0.39, 0.29) is 64.2 Å². The summed E-state index contributed by atoms with van der Waals surface area (Å²) in [5.41, 5.74) is -0.809. The quantitative estimate of drug-likeness (QED) is 0.232. The van der Waals surface area contributed by atoms with E-state index in [0.29, 0.717) is 0 Å². The molecule has 10 nitrogen and oxygen atoms in total. The molecule has 13 heteroatoms. The Kier molecular flexibility index (Phi) is 9.59. The van der Waals surface area contributed by atoms with E-state index in [1.807, 2.05) is 0 Å². The minimum atomic E-state index is -1.57. The number of esters is 2. The summed E-state index contributed by atoms with van der Waals surface area (Å²) >= 11 is 6.40. The SMILES string of the molecule is CCOC(=O)C1=C(COCCN2C(=O)c3ccccc3C2=O)NC(CF)=C(C(=O)OC)C1c1c(Cl)ccc(OC)c1F. The van der Waals surface area contributed by atoms with Crippen LogP contribution in [0.4, 0.5) is 8.78 Å². The molecule has 0 radical (unpaired) electrons. The fraction of sp³-hybridized carbons (Fsp3) is 0.310. The number of nitrogens with one attached hydrogen (secondary N) is 1. The highest BCUT2D eigenvalue weighted by molar-refractivity contribution is 6.31. The summed E-state index contributed by atoms with van der Waals surface area (Å²) in [6.07, 6.45) is 0. The second-order valence-corrected chi connectivity index (χ2v) is 9.43. The maximum Gasteiger partial charge on any atom is 0.336 e. The summed E-state index contributed by atoms with van der Waals surface area (Å²) in [6.45, 7) is -0.430. The fourth-order valence-electron chi connectivity index (χ4n) is 4.86. The number of alkyl halides is 1. The second kappa shape index (κ2) is 13.1. The fourth-order valence-corrected chi connectivity index (χ4v) is 5.12. The number of fused-ring (bicyclic) bond motifs is 1. The number of amides is 2. The van der Waals surface area contributed by atoms with Gasteiger partial charge in [-0.05, 0) is 31.2 Å². The van der Waals surface area contributed by atoms with E-state index >= 15 is 4.39 Å². The molecule has 1 atom stereocenters. The van der Waals surface area contributed by atoms with Gasteiger partial charge in [0.15, 0.2) is 11.6 Å². The highest BCUT2D eigenvalue weighted by Gasteiger charge is 2.43. The number of ether oxygens (including phenoxy) is 4. The molecular weight excluding hydrogens is 578 g/mol. The molecule has 0 aromatic heterocycles. The summed E-state index contributed by atoms with van der Waals surface area (Å²) in [4.78, 5) is 52.6. The van der Waals surface area contributed by atoms with Crippen LogP contribution < -0.4 is 10.1 Å². The number of carbonyl (C=O) groups excluding carboxylic acids is 4. The van der Waals surface area contributed by atoms with Gasteiger partial charge >= 0.3 is 11.9 Å². The Morgan fingerprint density at radius 2 is 1.64 bits per heavy atom. The van der Waals surface area contributed by atoms with Crippen molar-refractivity contribution in [1.29, 1.82) is 0 Å². The minimum Gasteiger partial charge on any atom is -0.494 e. The number of rotatable bonds is 11. The van der Waals surface area contributed by atoms with Crippen LogP contribution in [0.2, 0.25) is 5.02 Å². The van der Waals surface area contributed by atoms with Gasteiger partial charge < -0.3 is 24.3 Å². The molecule has 0 aliphatic carbocycles. The molecule has 2 aromatic carbocycles. The van der Waals surface area contributed by atoms with Crippen molar-refractivity contribution in [3.63, 3.8) is 0 Å². The number of benzene rings is 2. The molecule has 0 fully saturated rings. The lowest BCUT2D eigenvalue weighted by atomic mass is 9.79. The van der Waals surface area contributed by atoms with Crippen LogP contribution in [0.15, 0.2) is 58.9 Å². The largest absolute Gasteiger partial charge is 0.494 e. The number of carbonyl (C=O) groups is 4. The molecule has 42 heavy (non-hydrogen) atoms. The van der Waals surface area contributed by atoms with Crippen LogP contribution >= 0.6 is 11.6 Å². The first-order valence-corrected chi connectivity index (χ1v) is 13.2. The van der Waals surface area contributed by atoms with Crippen LogP contribution in [0, 0.1) is 5.82 Å². The van der Waals surface area contributed by atoms with Gasteiger partial charge in [-0.15, -0.1) is 0 Å². The Morgan fingerprint density at radius 3 is 2.21 bits per heavy atom. The lowest BCUT2D eigenvalue weighted by molar-refractivity contribution is -0.139. The number of halogens is 3. The van der Waals surface area contributed by atoms with E-state index in [1.165, 1.54) is 19.2 Å². The van der Waals surface area contributed by atoms with E-state index in [0.717, 1.165) is 12.0 Å². The van der Waals surface area contributed by atoms with Crippen LogP contribution in [-0.4, -0.2) is 75.9 Å². The van der Waals surface area contributed by atoms with Crippen molar-refractivity contribution in [2.24, 2.45) is 0 Å². The third-order valence-corrected chi connectivity index (χ3v) is 7.08. The molecule has 0 bridgehead atoms. The van der Waals surface area contributed by atoms with Crippen molar-refractivity contribution in [3.05, 3.63) is 86.5 Å². The predicted octanol–water partition coefficient (Wildman–Crippen LogP) is 3.70. The van der Waals surface area contributed by atoms with Crippen LogP contribution in [0.5, 0.6) is 5.75 Å². The van der Waals surface area contributed by atoms with Gasteiger partial charge in [0.1, 0.15) is 6.67 Å². The molecule has 0 saturated heterocycles. The van der Waals surface area contributed by atoms with Crippen molar-refractivity contribution in [3.8, 4) is 5.75 Å². The van der Waals surface area contributed by atoms with E-state index in [4.69, 9.17) is 30.5 Å². The molecule has 4 rings (SSSR count). The van der Waals surface area contributed by atoms with Crippen LogP contribution in [0.25, 0.3) is 0 Å². The van der Waals surface area contributed by atoms with Gasteiger partial charge in [-0.2, -0.15) is 0 Å². The van der Waals surface area contributed by atoms with Gasteiger partial charge in [-0.3, -0.25) is 14.5 Å². The van der Waals surface area contributed by atoms with E-state index in [2.05, 4.69) is 5.32 Å². The summed E-state index contributed by atoms with van der Waals surface area (Å²) in [5.74, 6) is -5.73. The van der Waals surface area contributed by atoms with Gasteiger partial charge in [-0.25, -0.2) is 18.4 Å².